The van der Waals surface area contributed by atoms with E-state index in [-0.39, 0.29) is 67.7 Å². The first-order valence-corrected chi connectivity index (χ1v) is 14.8. The van der Waals surface area contributed by atoms with E-state index in [2.05, 4.69) is 4.74 Å². The number of carbonyl (C=O) groups excluding carboxylic acids is 2. The number of likely N-dealkylation sites (tertiary alicyclic amines) is 1. The van der Waals surface area contributed by atoms with Crippen LogP contribution in [-0.2, 0) is 9.53 Å². The van der Waals surface area contributed by atoms with Crippen LogP contribution in [-0.4, -0.2) is 59.1 Å². The summed E-state index contributed by atoms with van der Waals surface area (Å²) >= 11 is 0. The molecule has 9 heteroatoms. The van der Waals surface area contributed by atoms with E-state index in [1.807, 2.05) is 27.7 Å². The highest BCUT2D eigenvalue weighted by Gasteiger charge is 2.62. The molecule has 4 fully saturated rings. The second-order valence-corrected chi connectivity index (χ2v) is 14.7. The molecule has 1 aromatic rings. The van der Waals surface area contributed by atoms with E-state index in [9.17, 15) is 14.0 Å². The van der Waals surface area contributed by atoms with Gasteiger partial charge in [0.25, 0.3) is 12.4 Å². The molecule has 0 N–H and O–H groups in total. The normalized spacial score (nSPS) is 34.9. The van der Waals surface area contributed by atoms with Crippen LogP contribution in [0.2, 0.25) is 0 Å². The average Bonchev–Trinajstić information content (AvgIpc) is 3.53. The maximum absolute atomic E-state index is 15.5. The van der Waals surface area contributed by atoms with Crippen LogP contribution in [0.1, 0.15) is 121 Å². The van der Waals surface area contributed by atoms with Crippen molar-refractivity contribution in [3.63, 3.8) is 0 Å². The van der Waals surface area contributed by atoms with Crippen LogP contribution in [0, 0.1) is 11.2 Å². The first-order chi connectivity index (χ1) is 18.9. The first kappa shape index (κ1) is 31.6. The monoisotopic (exact) mass is 583 g/mol. The summed E-state index contributed by atoms with van der Waals surface area (Å²) in [6.45, 7) is 11.6. The van der Waals surface area contributed by atoms with Crippen molar-refractivity contribution in [1.29, 1.82) is 0 Å². The smallest absolute Gasteiger partial charge is 0.293 e. The Labute approximate surface area is 241 Å². The van der Waals surface area contributed by atoms with Crippen molar-refractivity contribution < 1.29 is 36.6 Å². The summed E-state index contributed by atoms with van der Waals surface area (Å²) in [5.74, 6) is -0.384. The van der Waals surface area contributed by atoms with Gasteiger partial charge in [0.1, 0.15) is 34.2 Å². The topological polar surface area (TPSA) is 55.8 Å². The van der Waals surface area contributed by atoms with Crippen molar-refractivity contribution in [2.75, 3.05) is 13.2 Å². The Morgan fingerprint density at radius 3 is 2.10 bits per heavy atom. The van der Waals surface area contributed by atoms with Crippen LogP contribution >= 0.6 is 0 Å². The highest BCUT2D eigenvalue weighted by atomic mass is 19.2. The van der Waals surface area contributed by atoms with Crippen molar-refractivity contribution in [3.8, 4) is 5.75 Å². The molecule has 2 bridgehead atoms. The summed E-state index contributed by atoms with van der Waals surface area (Å²) in [5.41, 5.74) is -6.00. The van der Waals surface area contributed by atoms with Gasteiger partial charge in [-0.1, -0.05) is 6.92 Å². The SMILES string of the molecule is CC(C)(C)OC=O.CC1CCCN1C(=O)c1cc(C2CC2)c(OCC2(C)CC3(F)CC(C)(F)CC(F)(C2)C3)cc1F. The Hall–Kier alpha value is -2.32. The summed E-state index contributed by atoms with van der Waals surface area (Å²) in [6, 6.07) is 2.98. The maximum Gasteiger partial charge on any atom is 0.293 e. The molecule has 1 aromatic carbocycles. The fraction of sp³-hybridized carbons (Fsp3) is 0.750. The van der Waals surface area contributed by atoms with E-state index in [4.69, 9.17) is 4.74 Å². The van der Waals surface area contributed by atoms with Crippen LogP contribution in [0.25, 0.3) is 0 Å². The van der Waals surface area contributed by atoms with Gasteiger partial charge in [-0.2, -0.15) is 0 Å². The molecule has 3 saturated carbocycles. The molecule has 1 amide bonds. The Morgan fingerprint density at radius 2 is 1.63 bits per heavy atom. The van der Waals surface area contributed by atoms with E-state index in [1.165, 1.54) is 13.0 Å². The molecule has 3 unspecified atom stereocenters. The highest BCUT2D eigenvalue weighted by Crippen LogP contribution is 2.59. The third-order valence-electron chi connectivity index (χ3n) is 8.63. The average molecular weight is 584 g/mol. The third-order valence-corrected chi connectivity index (χ3v) is 8.63. The molecular formula is C32H45F4NO4. The maximum atomic E-state index is 15.5. The van der Waals surface area contributed by atoms with Crippen molar-refractivity contribution in [2.24, 2.45) is 5.41 Å². The second kappa shape index (κ2) is 11.1. The number of halogens is 4. The lowest BCUT2D eigenvalue weighted by atomic mass is 9.56. The van der Waals surface area contributed by atoms with Gasteiger partial charge in [0.05, 0.1) is 12.2 Å². The summed E-state index contributed by atoms with van der Waals surface area (Å²) in [4.78, 5) is 24.3. The van der Waals surface area contributed by atoms with Crippen molar-refractivity contribution in [1.82, 2.24) is 4.90 Å². The van der Waals surface area contributed by atoms with Gasteiger partial charge in [-0.3, -0.25) is 9.59 Å². The molecular weight excluding hydrogens is 538 g/mol. The molecule has 5 rings (SSSR count). The zero-order chi connectivity index (χ0) is 30.4. The van der Waals surface area contributed by atoms with Gasteiger partial charge in [-0.15, -0.1) is 0 Å². The molecule has 0 radical (unpaired) electrons. The molecule has 4 aliphatic rings. The van der Waals surface area contributed by atoms with Gasteiger partial charge < -0.3 is 14.4 Å². The minimum absolute atomic E-state index is 0.00976. The largest absolute Gasteiger partial charge is 0.493 e. The summed E-state index contributed by atoms with van der Waals surface area (Å²) < 4.78 is 71.4. The number of ether oxygens (including phenoxy) is 2. The molecule has 41 heavy (non-hydrogen) atoms. The Morgan fingerprint density at radius 1 is 1.02 bits per heavy atom. The molecule has 5 nitrogen and oxygen atoms in total. The fourth-order valence-electron chi connectivity index (χ4n) is 7.38. The van der Waals surface area contributed by atoms with E-state index >= 15 is 13.2 Å². The Kier molecular flexibility index (Phi) is 8.53. The van der Waals surface area contributed by atoms with E-state index in [1.54, 1.807) is 17.9 Å². The Bertz CT molecular complexity index is 1120. The highest BCUT2D eigenvalue weighted by molar-refractivity contribution is 5.95. The second-order valence-electron chi connectivity index (χ2n) is 14.7. The number of rotatable bonds is 6. The number of amides is 1. The molecule has 0 aromatic heterocycles. The van der Waals surface area contributed by atoms with Crippen LogP contribution in [0.15, 0.2) is 12.1 Å². The van der Waals surface area contributed by atoms with Crippen LogP contribution < -0.4 is 4.74 Å². The predicted octanol–water partition coefficient (Wildman–Crippen LogP) is 7.79. The number of fused-ring (bicyclic) bond motifs is 2. The van der Waals surface area contributed by atoms with Gasteiger partial charge in [0.2, 0.25) is 0 Å². The third kappa shape index (κ3) is 7.75. The lowest BCUT2D eigenvalue weighted by Gasteiger charge is -2.54. The standard InChI is InChI=1S/C27H35F4NO2.C5H10O2/c1-17-5-4-8-32(17)23(33)20-9-19(18-6-7-18)22(10-21(20)28)34-16-24(2)11-26(30)13-25(3,29)14-27(31,12-24)15-26;1-5(2,3)7-4-6/h9-10,17-18H,4-8,11-16H2,1-3H3;4H,1-3H3. The first-order valence-electron chi connectivity index (χ1n) is 14.8. The molecule has 3 aliphatic carbocycles. The quantitative estimate of drug-likeness (QED) is 0.253. The summed E-state index contributed by atoms with van der Waals surface area (Å²) in [6.07, 6.45) is 2.82. The minimum atomic E-state index is -1.92. The molecule has 1 saturated heterocycles. The van der Waals surface area contributed by atoms with Crippen molar-refractivity contribution in [2.45, 2.75) is 134 Å². The van der Waals surface area contributed by atoms with Gasteiger partial charge in [0.15, 0.2) is 0 Å². The lowest BCUT2D eigenvalue weighted by molar-refractivity contribution is -0.153. The Balaban J connectivity index is 0.000000493. The van der Waals surface area contributed by atoms with E-state index < -0.39 is 28.2 Å². The van der Waals surface area contributed by atoms with Gasteiger partial charge in [-0.05, 0) is 90.7 Å². The van der Waals surface area contributed by atoms with Crippen molar-refractivity contribution in [3.05, 3.63) is 29.1 Å². The zero-order valence-electron chi connectivity index (χ0n) is 25.3. The number of alkyl halides is 3. The van der Waals surface area contributed by atoms with Gasteiger partial charge >= 0.3 is 0 Å². The van der Waals surface area contributed by atoms with E-state index in [0.717, 1.165) is 31.2 Å². The number of carbonyl (C=O) groups is 2. The number of benzene rings is 1. The minimum Gasteiger partial charge on any atom is -0.493 e. The number of nitrogens with zero attached hydrogens (tertiary/aromatic N) is 1. The van der Waals surface area contributed by atoms with Crippen LogP contribution in [0.3, 0.4) is 0 Å². The van der Waals surface area contributed by atoms with Gasteiger partial charge in [-0.25, -0.2) is 17.6 Å². The molecule has 230 valence electrons. The molecule has 3 atom stereocenters. The predicted molar refractivity (Wildman–Crippen MR) is 149 cm³/mol. The summed E-state index contributed by atoms with van der Waals surface area (Å²) in [7, 11) is 0. The fourth-order valence-corrected chi connectivity index (χ4v) is 7.38. The summed E-state index contributed by atoms with van der Waals surface area (Å²) in [5, 5.41) is 0. The van der Waals surface area contributed by atoms with Crippen LogP contribution in [0.4, 0.5) is 17.6 Å². The molecule has 1 heterocycles. The molecule has 1 aliphatic heterocycles. The van der Waals surface area contributed by atoms with Gasteiger partial charge in [0, 0.05) is 43.3 Å². The number of hydrogen-bond donors (Lipinski definition) is 0. The van der Waals surface area contributed by atoms with Crippen molar-refractivity contribution >= 4 is 12.4 Å². The number of hydrogen-bond acceptors (Lipinski definition) is 4. The lowest BCUT2D eigenvalue weighted by Crippen LogP contribution is -2.58. The van der Waals surface area contributed by atoms with E-state index in [0.29, 0.717) is 18.8 Å². The zero-order valence-corrected chi connectivity index (χ0v) is 25.3. The molecule has 0 spiro atoms. The van der Waals surface area contributed by atoms with Crippen LogP contribution in [0.5, 0.6) is 5.75 Å².